The first-order valence-electron chi connectivity index (χ1n) is 3.97. The average molecular weight is 231 g/mol. The van der Waals surface area contributed by atoms with Crippen molar-refractivity contribution < 1.29 is 17.9 Å². The highest BCUT2D eigenvalue weighted by Crippen LogP contribution is 2.30. The summed E-state index contributed by atoms with van der Waals surface area (Å²) in [6.45, 7) is 2.79. The van der Waals surface area contributed by atoms with Crippen LogP contribution in [0, 0.1) is 24.0 Å². The Kier molecular flexibility index (Phi) is 2.78. The quantitative estimate of drug-likeness (QED) is 0.472. The molecule has 0 aliphatic rings. The molecular weight excluding hydrogens is 222 g/mol. The lowest BCUT2D eigenvalue weighted by Gasteiger charge is -2.05. The molecule has 0 spiro atoms. The molecule has 82 valence electrons. The van der Waals surface area contributed by atoms with Crippen LogP contribution in [-0.2, 0) is 10.1 Å². The van der Waals surface area contributed by atoms with Crippen LogP contribution < -0.4 is 0 Å². The molecule has 0 atom stereocenters. The SMILES string of the molecule is Cc1ccc(C)c(S(=O)(=O)O)c1[N+](=O)[O-]. The Morgan fingerprint density at radius 1 is 1.27 bits per heavy atom. The molecule has 1 aromatic carbocycles. The molecule has 0 aliphatic carbocycles. The van der Waals surface area contributed by atoms with Gasteiger partial charge in [-0.05, 0) is 19.4 Å². The Morgan fingerprint density at radius 2 is 1.73 bits per heavy atom. The van der Waals surface area contributed by atoms with Gasteiger partial charge in [-0.1, -0.05) is 12.1 Å². The minimum Gasteiger partial charge on any atom is -0.282 e. The normalized spacial score (nSPS) is 11.4. The molecule has 0 amide bonds. The second-order valence-electron chi connectivity index (χ2n) is 3.11. The van der Waals surface area contributed by atoms with E-state index in [0.29, 0.717) is 0 Å². The van der Waals surface area contributed by atoms with Gasteiger partial charge in [-0.2, -0.15) is 8.42 Å². The largest absolute Gasteiger partial charge is 0.301 e. The van der Waals surface area contributed by atoms with Crippen LogP contribution in [-0.4, -0.2) is 17.9 Å². The van der Waals surface area contributed by atoms with Crippen molar-refractivity contribution in [1.29, 1.82) is 0 Å². The number of nitro benzene ring substituents is 1. The van der Waals surface area contributed by atoms with Crippen LogP contribution in [0.25, 0.3) is 0 Å². The van der Waals surface area contributed by atoms with E-state index >= 15 is 0 Å². The van der Waals surface area contributed by atoms with Gasteiger partial charge in [0.15, 0.2) is 4.90 Å². The third-order valence-corrected chi connectivity index (χ3v) is 3.00. The van der Waals surface area contributed by atoms with Crippen LogP contribution in [0.5, 0.6) is 0 Å². The summed E-state index contributed by atoms with van der Waals surface area (Å²) in [5.74, 6) is 0. The molecule has 0 bridgehead atoms. The summed E-state index contributed by atoms with van der Waals surface area (Å²) in [7, 11) is -4.57. The van der Waals surface area contributed by atoms with E-state index in [2.05, 4.69) is 0 Å². The molecule has 0 heterocycles. The molecule has 0 saturated heterocycles. The number of rotatable bonds is 2. The Bertz CT molecular complexity index is 520. The summed E-state index contributed by atoms with van der Waals surface area (Å²) < 4.78 is 30.9. The Morgan fingerprint density at radius 3 is 2.07 bits per heavy atom. The molecule has 0 saturated carbocycles. The van der Waals surface area contributed by atoms with Gasteiger partial charge in [0.05, 0.1) is 4.92 Å². The fraction of sp³-hybridized carbons (Fsp3) is 0.250. The number of nitro groups is 1. The molecule has 6 nitrogen and oxygen atoms in total. The first-order chi connectivity index (χ1) is 6.75. The smallest absolute Gasteiger partial charge is 0.282 e. The molecule has 1 N–H and O–H groups in total. The summed E-state index contributed by atoms with van der Waals surface area (Å²) in [5, 5.41) is 10.7. The van der Waals surface area contributed by atoms with E-state index in [1.165, 1.54) is 26.0 Å². The van der Waals surface area contributed by atoms with Crippen molar-refractivity contribution in [3.63, 3.8) is 0 Å². The molecule has 7 heteroatoms. The van der Waals surface area contributed by atoms with E-state index in [0.717, 1.165) is 0 Å². The lowest BCUT2D eigenvalue weighted by molar-refractivity contribution is -0.388. The molecular formula is C8H9NO5S. The Balaban J connectivity index is 3.76. The second-order valence-corrected chi connectivity index (χ2v) is 4.47. The number of aryl methyl sites for hydroxylation is 2. The summed E-state index contributed by atoms with van der Waals surface area (Å²) in [6, 6.07) is 2.84. The van der Waals surface area contributed by atoms with Crippen molar-refractivity contribution in [2.24, 2.45) is 0 Å². The van der Waals surface area contributed by atoms with E-state index in [-0.39, 0.29) is 11.1 Å². The maximum atomic E-state index is 11.0. The molecule has 0 unspecified atom stereocenters. The number of hydrogen-bond donors (Lipinski definition) is 1. The highest BCUT2D eigenvalue weighted by Gasteiger charge is 2.28. The third-order valence-electron chi connectivity index (χ3n) is 1.97. The van der Waals surface area contributed by atoms with Gasteiger partial charge in [0, 0.05) is 5.56 Å². The van der Waals surface area contributed by atoms with E-state index in [9.17, 15) is 18.5 Å². The Hall–Kier alpha value is -1.47. The van der Waals surface area contributed by atoms with Crippen molar-refractivity contribution in [2.75, 3.05) is 0 Å². The van der Waals surface area contributed by atoms with Crippen molar-refractivity contribution in [1.82, 2.24) is 0 Å². The predicted molar refractivity (Wildman–Crippen MR) is 52.4 cm³/mol. The summed E-state index contributed by atoms with van der Waals surface area (Å²) >= 11 is 0. The van der Waals surface area contributed by atoms with Crippen molar-refractivity contribution in [3.8, 4) is 0 Å². The average Bonchev–Trinajstić information content (AvgIpc) is 2.05. The summed E-state index contributed by atoms with van der Waals surface area (Å²) in [6.07, 6.45) is 0. The fourth-order valence-corrected chi connectivity index (χ4v) is 2.28. The zero-order chi connectivity index (χ0) is 11.8. The minimum atomic E-state index is -4.57. The summed E-state index contributed by atoms with van der Waals surface area (Å²) in [4.78, 5) is 9.23. The van der Waals surface area contributed by atoms with Crippen molar-refractivity contribution in [2.45, 2.75) is 18.7 Å². The van der Waals surface area contributed by atoms with E-state index in [1.807, 2.05) is 0 Å². The molecule has 0 aromatic heterocycles. The first-order valence-corrected chi connectivity index (χ1v) is 5.41. The molecule has 0 radical (unpaired) electrons. The van der Waals surface area contributed by atoms with Crippen LogP contribution in [0.15, 0.2) is 17.0 Å². The number of hydrogen-bond acceptors (Lipinski definition) is 4. The van der Waals surface area contributed by atoms with Gasteiger partial charge in [-0.15, -0.1) is 0 Å². The van der Waals surface area contributed by atoms with Crippen LogP contribution >= 0.6 is 0 Å². The Labute approximate surface area is 86.4 Å². The summed E-state index contributed by atoms with van der Waals surface area (Å²) in [5.41, 5.74) is -0.231. The molecule has 15 heavy (non-hydrogen) atoms. The van der Waals surface area contributed by atoms with E-state index in [1.54, 1.807) is 0 Å². The lowest BCUT2D eigenvalue weighted by Crippen LogP contribution is -2.07. The van der Waals surface area contributed by atoms with Gasteiger partial charge in [0.1, 0.15) is 0 Å². The van der Waals surface area contributed by atoms with Crippen molar-refractivity contribution in [3.05, 3.63) is 33.4 Å². The maximum absolute atomic E-state index is 11.0. The lowest BCUT2D eigenvalue weighted by atomic mass is 10.1. The van der Waals surface area contributed by atoms with E-state index < -0.39 is 25.6 Å². The first kappa shape index (κ1) is 11.6. The molecule has 1 aromatic rings. The molecule has 0 aliphatic heterocycles. The standard InChI is InChI=1S/C8H9NO5S/c1-5-3-4-6(2)8(15(12,13)14)7(5)9(10)11/h3-4H,1-2H3,(H,12,13,14). The fourth-order valence-electron chi connectivity index (χ4n) is 1.32. The van der Waals surface area contributed by atoms with Gasteiger partial charge in [-0.25, -0.2) is 0 Å². The maximum Gasteiger partial charge on any atom is 0.301 e. The van der Waals surface area contributed by atoms with Crippen LogP contribution in [0.2, 0.25) is 0 Å². The highest BCUT2D eigenvalue weighted by atomic mass is 32.2. The second kappa shape index (κ2) is 3.59. The van der Waals surface area contributed by atoms with Gasteiger partial charge in [0.2, 0.25) is 0 Å². The molecule has 0 fully saturated rings. The van der Waals surface area contributed by atoms with Crippen LogP contribution in [0.4, 0.5) is 5.69 Å². The third kappa shape index (κ3) is 2.13. The van der Waals surface area contributed by atoms with Gasteiger partial charge in [0.25, 0.3) is 5.69 Å². The molecule has 1 rings (SSSR count). The van der Waals surface area contributed by atoms with Gasteiger partial charge >= 0.3 is 10.1 Å². The van der Waals surface area contributed by atoms with Crippen LogP contribution in [0.1, 0.15) is 11.1 Å². The van der Waals surface area contributed by atoms with Gasteiger partial charge in [-0.3, -0.25) is 14.7 Å². The number of nitrogens with zero attached hydrogens (tertiary/aromatic N) is 1. The van der Waals surface area contributed by atoms with E-state index in [4.69, 9.17) is 4.55 Å². The topological polar surface area (TPSA) is 97.5 Å². The highest BCUT2D eigenvalue weighted by molar-refractivity contribution is 7.86. The monoisotopic (exact) mass is 231 g/mol. The zero-order valence-corrected chi connectivity index (χ0v) is 8.91. The minimum absolute atomic E-state index is 0.148. The number of benzene rings is 1. The van der Waals surface area contributed by atoms with Crippen LogP contribution in [0.3, 0.4) is 0 Å². The van der Waals surface area contributed by atoms with Gasteiger partial charge < -0.3 is 0 Å². The predicted octanol–water partition coefficient (Wildman–Crippen LogP) is 1.46. The zero-order valence-electron chi connectivity index (χ0n) is 8.09. The van der Waals surface area contributed by atoms with Crippen molar-refractivity contribution >= 4 is 15.8 Å².